The number of carbonyl (C=O) groups excluding carboxylic acids is 2. The van der Waals surface area contributed by atoms with Crippen molar-refractivity contribution in [1.29, 1.82) is 0 Å². The van der Waals surface area contributed by atoms with E-state index in [0.717, 1.165) is 19.5 Å². The van der Waals surface area contributed by atoms with Gasteiger partial charge in [0.1, 0.15) is 0 Å². The Morgan fingerprint density at radius 2 is 2.30 bits per heavy atom. The quantitative estimate of drug-likeness (QED) is 0.715. The zero-order valence-corrected chi connectivity index (χ0v) is 12.5. The molecule has 1 N–H and O–H groups in total. The summed E-state index contributed by atoms with van der Waals surface area (Å²) in [5.41, 5.74) is 0. The second-order valence-electron chi connectivity index (χ2n) is 5.66. The topological polar surface area (TPSA) is 65.1 Å². The second-order valence-corrected chi connectivity index (χ2v) is 5.66. The molecule has 2 aliphatic heterocycles. The van der Waals surface area contributed by atoms with Crippen molar-refractivity contribution in [3.05, 3.63) is 0 Å². The Labute approximate surface area is 119 Å². The number of hydrogen-bond donors (Lipinski definition) is 1. The van der Waals surface area contributed by atoms with Crippen molar-refractivity contribution in [3.8, 4) is 0 Å². The van der Waals surface area contributed by atoms with E-state index in [1.807, 2.05) is 11.9 Å². The minimum absolute atomic E-state index is 0.133. The van der Waals surface area contributed by atoms with Gasteiger partial charge in [-0.2, -0.15) is 0 Å². The zero-order chi connectivity index (χ0) is 14.7. The van der Waals surface area contributed by atoms with Crippen LogP contribution in [0.2, 0.25) is 0 Å². The largest absolute Gasteiger partial charge is 0.380 e. The van der Waals surface area contributed by atoms with Gasteiger partial charge in [-0.3, -0.25) is 19.5 Å². The Hall–Kier alpha value is -1.18. The maximum absolute atomic E-state index is 12.0. The molecule has 7 heteroatoms. The lowest BCUT2D eigenvalue weighted by Crippen LogP contribution is -2.44. The molecule has 0 radical (unpaired) electrons. The van der Waals surface area contributed by atoms with Crippen LogP contribution in [-0.2, 0) is 9.53 Å². The van der Waals surface area contributed by atoms with Crippen LogP contribution in [0.3, 0.4) is 0 Å². The molecule has 7 nitrogen and oxygen atoms in total. The molecule has 0 saturated carbocycles. The summed E-state index contributed by atoms with van der Waals surface area (Å²) in [6, 6.07) is 0.117. The fourth-order valence-corrected chi connectivity index (χ4v) is 2.86. The fraction of sp³-hybridized carbons (Fsp3) is 0.846. The first kappa shape index (κ1) is 15.2. The average molecular weight is 284 g/mol. The summed E-state index contributed by atoms with van der Waals surface area (Å²) >= 11 is 0. The average Bonchev–Trinajstić information content (AvgIpc) is 2.96. The van der Waals surface area contributed by atoms with Crippen LogP contribution in [0.1, 0.15) is 6.42 Å². The molecule has 2 aliphatic rings. The number of hydrogen-bond acceptors (Lipinski definition) is 5. The van der Waals surface area contributed by atoms with Crippen LogP contribution in [0.15, 0.2) is 0 Å². The van der Waals surface area contributed by atoms with Gasteiger partial charge in [0, 0.05) is 39.3 Å². The van der Waals surface area contributed by atoms with Gasteiger partial charge in [0.05, 0.1) is 12.6 Å². The first-order chi connectivity index (χ1) is 9.51. The van der Waals surface area contributed by atoms with E-state index in [1.165, 1.54) is 4.90 Å². The number of nitrogens with zero attached hydrogens (tertiary/aromatic N) is 3. The van der Waals surface area contributed by atoms with E-state index >= 15 is 0 Å². The molecule has 114 valence electrons. The van der Waals surface area contributed by atoms with Gasteiger partial charge in [0.15, 0.2) is 0 Å². The molecule has 0 spiro atoms. The molecule has 0 aliphatic carbocycles. The van der Waals surface area contributed by atoms with Crippen LogP contribution in [0, 0.1) is 0 Å². The zero-order valence-electron chi connectivity index (χ0n) is 12.5. The monoisotopic (exact) mass is 284 g/mol. The molecule has 0 aromatic heterocycles. The molecule has 20 heavy (non-hydrogen) atoms. The van der Waals surface area contributed by atoms with Crippen molar-refractivity contribution < 1.29 is 14.3 Å². The lowest BCUT2D eigenvalue weighted by molar-refractivity contribution is -0.128. The Morgan fingerprint density at radius 3 is 2.85 bits per heavy atom. The highest BCUT2D eigenvalue weighted by molar-refractivity contribution is 5.96. The van der Waals surface area contributed by atoms with E-state index < -0.39 is 0 Å². The van der Waals surface area contributed by atoms with Crippen molar-refractivity contribution in [2.24, 2.45) is 0 Å². The summed E-state index contributed by atoms with van der Waals surface area (Å²) in [5, 5.41) is 2.64. The van der Waals surface area contributed by atoms with Crippen molar-refractivity contribution in [3.63, 3.8) is 0 Å². The van der Waals surface area contributed by atoms with E-state index in [9.17, 15) is 9.59 Å². The minimum Gasteiger partial charge on any atom is -0.380 e. The Morgan fingerprint density at radius 1 is 1.55 bits per heavy atom. The van der Waals surface area contributed by atoms with E-state index in [1.54, 1.807) is 7.11 Å². The van der Waals surface area contributed by atoms with Gasteiger partial charge in [0.2, 0.25) is 5.91 Å². The SMILES string of the molecule is CO[C@H]1C[C@@H](CN(C)CC(=O)N2CCNC2=O)N(C)C1. The van der Waals surface area contributed by atoms with Crippen molar-refractivity contribution >= 4 is 11.9 Å². The number of imide groups is 1. The van der Waals surface area contributed by atoms with Crippen molar-refractivity contribution in [1.82, 2.24) is 20.0 Å². The molecule has 2 saturated heterocycles. The third-order valence-corrected chi connectivity index (χ3v) is 4.07. The molecule has 2 rings (SSSR count). The summed E-state index contributed by atoms with van der Waals surface area (Å²) in [4.78, 5) is 29.0. The standard InChI is InChI=1S/C13H24N4O3/c1-15(7-10-6-11(20-3)8-16(10)2)9-12(18)17-5-4-14-13(17)19/h10-11H,4-9H2,1-3H3,(H,14,19)/t10-,11-/m0/s1. The van der Waals surface area contributed by atoms with E-state index in [-0.39, 0.29) is 24.6 Å². The molecule has 0 aromatic rings. The summed E-state index contributed by atoms with van der Waals surface area (Å²) in [7, 11) is 5.73. The smallest absolute Gasteiger partial charge is 0.324 e. The maximum Gasteiger partial charge on any atom is 0.324 e. The van der Waals surface area contributed by atoms with Crippen LogP contribution < -0.4 is 5.32 Å². The third kappa shape index (κ3) is 3.47. The van der Waals surface area contributed by atoms with Gasteiger partial charge in [0.25, 0.3) is 0 Å². The third-order valence-electron chi connectivity index (χ3n) is 4.07. The molecule has 2 fully saturated rings. The van der Waals surface area contributed by atoms with Gasteiger partial charge in [-0.15, -0.1) is 0 Å². The molecule has 3 amide bonds. The number of urea groups is 1. The van der Waals surface area contributed by atoms with Gasteiger partial charge in [-0.1, -0.05) is 0 Å². The lowest BCUT2D eigenvalue weighted by Gasteiger charge is -2.26. The molecule has 0 bridgehead atoms. The predicted octanol–water partition coefficient (Wildman–Crippen LogP) is -0.811. The van der Waals surface area contributed by atoms with E-state index in [4.69, 9.17) is 4.74 Å². The van der Waals surface area contributed by atoms with Gasteiger partial charge in [-0.05, 0) is 20.5 Å². The van der Waals surface area contributed by atoms with Crippen LogP contribution in [0.4, 0.5) is 4.79 Å². The van der Waals surface area contributed by atoms with E-state index in [2.05, 4.69) is 17.3 Å². The maximum atomic E-state index is 12.0. The second kappa shape index (κ2) is 6.51. The van der Waals surface area contributed by atoms with Crippen LogP contribution in [-0.4, -0.2) is 92.7 Å². The highest BCUT2D eigenvalue weighted by atomic mass is 16.5. The predicted molar refractivity (Wildman–Crippen MR) is 74.4 cm³/mol. The number of likely N-dealkylation sites (tertiary alicyclic amines) is 1. The summed E-state index contributed by atoms with van der Waals surface area (Å²) in [6.45, 7) is 3.03. The molecular weight excluding hydrogens is 260 g/mol. The van der Waals surface area contributed by atoms with E-state index in [0.29, 0.717) is 19.1 Å². The van der Waals surface area contributed by atoms with Crippen LogP contribution in [0.5, 0.6) is 0 Å². The minimum atomic E-state index is -0.277. The number of ether oxygens (including phenoxy) is 1. The first-order valence-electron chi connectivity index (χ1n) is 7.01. The van der Waals surface area contributed by atoms with Crippen molar-refractivity contribution in [2.75, 3.05) is 53.9 Å². The number of amides is 3. The van der Waals surface area contributed by atoms with Crippen molar-refractivity contribution in [2.45, 2.75) is 18.6 Å². The molecule has 0 aromatic carbocycles. The Balaban J connectivity index is 1.79. The summed E-state index contributed by atoms with van der Waals surface area (Å²) in [6.07, 6.45) is 1.26. The number of methoxy groups -OCH3 is 1. The number of rotatable bonds is 5. The molecule has 2 heterocycles. The fourth-order valence-electron chi connectivity index (χ4n) is 2.86. The highest BCUT2D eigenvalue weighted by Crippen LogP contribution is 2.18. The Bertz CT molecular complexity index is 377. The Kier molecular flexibility index (Phi) is 4.95. The number of carbonyl (C=O) groups is 2. The summed E-state index contributed by atoms with van der Waals surface area (Å²) < 4.78 is 5.38. The lowest BCUT2D eigenvalue weighted by atomic mass is 10.2. The van der Waals surface area contributed by atoms with Crippen LogP contribution >= 0.6 is 0 Å². The van der Waals surface area contributed by atoms with Gasteiger partial charge >= 0.3 is 6.03 Å². The first-order valence-corrected chi connectivity index (χ1v) is 7.01. The highest BCUT2D eigenvalue weighted by Gasteiger charge is 2.31. The molecule has 0 unspecified atom stereocenters. The normalized spacial score (nSPS) is 27.4. The number of nitrogens with one attached hydrogen (secondary N) is 1. The summed E-state index contributed by atoms with van der Waals surface area (Å²) in [5.74, 6) is -0.133. The number of likely N-dealkylation sites (N-methyl/N-ethyl adjacent to an activating group) is 2. The van der Waals surface area contributed by atoms with Gasteiger partial charge in [-0.25, -0.2) is 4.79 Å². The van der Waals surface area contributed by atoms with Crippen LogP contribution in [0.25, 0.3) is 0 Å². The molecule has 2 atom stereocenters. The molecular formula is C13H24N4O3. The van der Waals surface area contributed by atoms with Gasteiger partial charge < -0.3 is 10.1 Å².